The minimum absolute atomic E-state index is 0.199. The molecule has 2 rings (SSSR count). The highest BCUT2D eigenvalue weighted by Crippen LogP contribution is 2.41. The Morgan fingerprint density at radius 2 is 2.08 bits per heavy atom. The van der Waals surface area contributed by atoms with E-state index in [9.17, 15) is 4.79 Å². The molecule has 2 aliphatic carbocycles. The largest absolute Gasteiger partial charge is 0.374 e. The van der Waals surface area contributed by atoms with Crippen LogP contribution in [-0.4, -0.2) is 18.0 Å². The molecule has 0 bridgehead atoms. The Morgan fingerprint density at radius 3 is 2.42 bits per heavy atom. The maximum absolute atomic E-state index is 11.2. The molecule has 2 aliphatic rings. The monoisotopic (exact) mass is 168 g/mol. The summed E-state index contributed by atoms with van der Waals surface area (Å²) in [6.07, 6.45) is 4.99. The first kappa shape index (κ1) is 8.24. The topological polar surface area (TPSA) is 26.3 Å². The molecule has 0 amide bonds. The second kappa shape index (κ2) is 2.56. The van der Waals surface area contributed by atoms with Gasteiger partial charge in [-0.05, 0) is 19.3 Å². The van der Waals surface area contributed by atoms with Gasteiger partial charge in [0.1, 0.15) is 5.78 Å². The number of ether oxygens (including phenoxy) is 1. The lowest BCUT2D eigenvalue weighted by atomic mass is 9.67. The van der Waals surface area contributed by atoms with Gasteiger partial charge in [0.15, 0.2) is 0 Å². The molecule has 0 saturated heterocycles. The first-order valence-corrected chi connectivity index (χ1v) is 4.79. The normalized spacial score (nSPS) is 34.2. The molecule has 0 aromatic rings. The van der Waals surface area contributed by atoms with Crippen molar-refractivity contribution in [3.05, 3.63) is 0 Å². The molecule has 68 valence electrons. The van der Waals surface area contributed by atoms with Crippen molar-refractivity contribution in [3.63, 3.8) is 0 Å². The summed E-state index contributed by atoms with van der Waals surface area (Å²) in [5.41, 5.74) is -0.199. The lowest BCUT2D eigenvalue weighted by Gasteiger charge is -2.45. The number of hydrogen-bond acceptors (Lipinski definition) is 2. The summed E-state index contributed by atoms with van der Waals surface area (Å²) in [7, 11) is 0. The smallest absolute Gasteiger partial charge is 0.143 e. The number of Topliss-reactive ketones (excluding diaryl/α,β-unsaturated/α-hetero) is 1. The van der Waals surface area contributed by atoms with E-state index >= 15 is 0 Å². The summed E-state index contributed by atoms with van der Waals surface area (Å²) < 4.78 is 5.79. The Kier molecular flexibility index (Phi) is 1.76. The van der Waals surface area contributed by atoms with E-state index in [0.29, 0.717) is 18.3 Å². The number of hydrogen-bond donors (Lipinski definition) is 0. The SMILES string of the molecule is CC1(C)C(=O)CC1OC1CCC1. The van der Waals surface area contributed by atoms with E-state index in [-0.39, 0.29) is 11.5 Å². The molecule has 2 heteroatoms. The third kappa shape index (κ3) is 1.09. The van der Waals surface area contributed by atoms with E-state index in [0.717, 1.165) is 0 Å². The van der Waals surface area contributed by atoms with Crippen LogP contribution in [-0.2, 0) is 9.53 Å². The highest BCUT2D eigenvalue weighted by atomic mass is 16.5. The zero-order valence-electron chi connectivity index (χ0n) is 7.80. The van der Waals surface area contributed by atoms with Crippen LogP contribution >= 0.6 is 0 Å². The summed E-state index contributed by atoms with van der Waals surface area (Å²) in [5, 5.41) is 0. The van der Waals surface area contributed by atoms with Crippen molar-refractivity contribution in [2.75, 3.05) is 0 Å². The molecular formula is C10H16O2. The van der Waals surface area contributed by atoms with Crippen LogP contribution in [0.5, 0.6) is 0 Å². The molecular weight excluding hydrogens is 152 g/mol. The lowest BCUT2D eigenvalue weighted by Crippen LogP contribution is -2.53. The van der Waals surface area contributed by atoms with Gasteiger partial charge in [-0.25, -0.2) is 0 Å². The summed E-state index contributed by atoms with van der Waals surface area (Å²) in [6.45, 7) is 3.98. The zero-order chi connectivity index (χ0) is 8.77. The van der Waals surface area contributed by atoms with Gasteiger partial charge in [-0.1, -0.05) is 13.8 Å². The fraction of sp³-hybridized carbons (Fsp3) is 0.900. The summed E-state index contributed by atoms with van der Waals surface area (Å²) in [4.78, 5) is 11.2. The second-order valence-corrected chi connectivity index (χ2v) is 4.53. The van der Waals surface area contributed by atoms with E-state index in [1.165, 1.54) is 19.3 Å². The van der Waals surface area contributed by atoms with Gasteiger partial charge < -0.3 is 4.74 Å². The first-order valence-electron chi connectivity index (χ1n) is 4.79. The molecule has 0 radical (unpaired) electrons. The number of rotatable bonds is 2. The Hall–Kier alpha value is -0.370. The summed E-state index contributed by atoms with van der Waals surface area (Å²) in [5.74, 6) is 0.354. The van der Waals surface area contributed by atoms with Crippen LogP contribution in [0.15, 0.2) is 0 Å². The molecule has 2 fully saturated rings. The van der Waals surface area contributed by atoms with Crippen molar-refractivity contribution in [3.8, 4) is 0 Å². The van der Waals surface area contributed by atoms with Gasteiger partial charge >= 0.3 is 0 Å². The quantitative estimate of drug-likeness (QED) is 0.629. The highest BCUT2D eigenvalue weighted by Gasteiger charge is 2.49. The average molecular weight is 168 g/mol. The van der Waals surface area contributed by atoms with Crippen LogP contribution in [0.3, 0.4) is 0 Å². The predicted molar refractivity (Wildman–Crippen MR) is 45.9 cm³/mol. The third-order valence-electron chi connectivity index (χ3n) is 3.30. The molecule has 1 atom stereocenters. The summed E-state index contributed by atoms with van der Waals surface area (Å²) in [6, 6.07) is 0. The Balaban J connectivity index is 1.86. The summed E-state index contributed by atoms with van der Waals surface area (Å²) >= 11 is 0. The van der Waals surface area contributed by atoms with E-state index in [2.05, 4.69) is 0 Å². The van der Waals surface area contributed by atoms with Gasteiger partial charge in [0.05, 0.1) is 17.6 Å². The second-order valence-electron chi connectivity index (χ2n) is 4.53. The van der Waals surface area contributed by atoms with Crippen LogP contribution in [0.2, 0.25) is 0 Å². The number of carbonyl (C=O) groups is 1. The maximum atomic E-state index is 11.2. The maximum Gasteiger partial charge on any atom is 0.143 e. The van der Waals surface area contributed by atoms with Crippen molar-refractivity contribution in [2.45, 2.75) is 51.7 Å². The van der Waals surface area contributed by atoms with Gasteiger partial charge in [0.2, 0.25) is 0 Å². The zero-order valence-corrected chi connectivity index (χ0v) is 7.80. The van der Waals surface area contributed by atoms with Gasteiger partial charge in [0, 0.05) is 6.42 Å². The molecule has 2 nitrogen and oxygen atoms in total. The van der Waals surface area contributed by atoms with Gasteiger partial charge in [-0.15, -0.1) is 0 Å². The van der Waals surface area contributed by atoms with E-state index in [1.54, 1.807) is 0 Å². The van der Waals surface area contributed by atoms with Crippen LogP contribution in [0.1, 0.15) is 39.5 Å². The molecule has 0 aromatic heterocycles. The fourth-order valence-electron chi connectivity index (χ4n) is 1.69. The molecule has 0 aliphatic heterocycles. The highest BCUT2D eigenvalue weighted by molar-refractivity contribution is 5.91. The molecule has 1 unspecified atom stereocenters. The molecule has 0 N–H and O–H groups in total. The molecule has 0 heterocycles. The number of carbonyl (C=O) groups excluding carboxylic acids is 1. The predicted octanol–water partition coefficient (Wildman–Crippen LogP) is 1.92. The molecule has 0 aromatic carbocycles. The minimum Gasteiger partial charge on any atom is -0.374 e. The lowest BCUT2D eigenvalue weighted by molar-refractivity contribution is -0.172. The van der Waals surface area contributed by atoms with Crippen molar-refractivity contribution < 1.29 is 9.53 Å². The Labute approximate surface area is 73.3 Å². The Bertz CT molecular complexity index is 204. The van der Waals surface area contributed by atoms with E-state index in [4.69, 9.17) is 4.74 Å². The molecule has 12 heavy (non-hydrogen) atoms. The first-order chi connectivity index (χ1) is 5.60. The van der Waals surface area contributed by atoms with Gasteiger partial charge in [-0.2, -0.15) is 0 Å². The standard InChI is InChI=1S/C10H16O2/c1-10(2)8(11)6-9(10)12-7-4-3-5-7/h7,9H,3-6H2,1-2H3. The van der Waals surface area contributed by atoms with Crippen LogP contribution in [0.25, 0.3) is 0 Å². The molecule has 2 saturated carbocycles. The van der Waals surface area contributed by atoms with Crippen molar-refractivity contribution in [1.29, 1.82) is 0 Å². The van der Waals surface area contributed by atoms with Gasteiger partial charge in [0.25, 0.3) is 0 Å². The van der Waals surface area contributed by atoms with E-state index in [1.807, 2.05) is 13.8 Å². The van der Waals surface area contributed by atoms with Crippen molar-refractivity contribution >= 4 is 5.78 Å². The fourth-order valence-corrected chi connectivity index (χ4v) is 1.69. The van der Waals surface area contributed by atoms with Gasteiger partial charge in [-0.3, -0.25) is 4.79 Å². The Morgan fingerprint density at radius 1 is 1.42 bits per heavy atom. The minimum atomic E-state index is -0.199. The van der Waals surface area contributed by atoms with Crippen molar-refractivity contribution in [1.82, 2.24) is 0 Å². The van der Waals surface area contributed by atoms with E-state index < -0.39 is 0 Å². The van der Waals surface area contributed by atoms with Crippen LogP contribution in [0.4, 0.5) is 0 Å². The van der Waals surface area contributed by atoms with Crippen LogP contribution < -0.4 is 0 Å². The number of ketones is 1. The van der Waals surface area contributed by atoms with Crippen molar-refractivity contribution in [2.24, 2.45) is 5.41 Å². The third-order valence-corrected chi connectivity index (χ3v) is 3.30. The molecule has 0 spiro atoms. The van der Waals surface area contributed by atoms with Crippen LogP contribution in [0, 0.1) is 5.41 Å². The average Bonchev–Trinajstić information content (AvgIpc) is 1.93.